The van der Waals surface area contributed by atoms with E-state index in [4.69, 9.17) is 5.11 Å². The first-order valence-corrected chi connectivity index (χ1v) is 8.80. The third kappa shape index (κ3) is 5.58. The summed E-state index contributed by atoms with van der Waals surface area (Å²) in [5.74, 6) is -1.68. The molecule has 0 aromatic heterocycles. The number of carboxylic acid groups (broad SMARTS) is 1. The minimum atomic E-state index is -1.04. The van der Waals surface area contributed by atoms with Crippen molar-refractivity contribution >= 4 is 28.6 Å². The second kappa shape index (κ2) is 9.56. The molecule has 0 saturated carbocycles. The Morgan fingerprint density at radius 2 is 1.81 bits per heavy atom. The molecule has 3 N–H and O–H groups in total. The minimum Gasteiger partial charge on any atom is -0.480 e. The number of hydrogen-bond donors (Lipinski definition) is 3. The number of rotatable bonds is 9. The van der Waals surface area contributed by atoms with Crippen LogP contribution in [0.25, 0.3) is 10.8 Å². The first-order valence-electron chi connectivity index (χ1n) is 8.80. The van der Waals surface area contributed by atoms with E-state index in [0.29, 0.717) is 12.0 Å². The third-order valence-electron chi connectivity index (χ3n) is 4.13. The van der Waals surface area contributed by atoms with Gasteiger partial charge in [-0.15, -0.1) is 0 Å². The van der Waals surface area contributed by atoms with Crippen LogP contribution in [-0.2, 0) is 9.59 Å². The van der Waals surface area contributed by atoms with E-state index in [0.717, 1.165) is 23.6 Å². The van der Waals surface area contributed by atoms with Crippen molar-refractivity contribution in [2.75, 3.05) is 6.54 Å². The molecule has 2 rings (SSSR count). The second-order valence-corrected chi connectivity index (χ2v) is 6.17. The molecule has 138 valence electrons. The number of benzene rings is 2. The average molecular weight is 356 g/mol. The highest BCUT2D eigenvalue weighted by Gasteiger charge is 2.19. The molecule has 2 aromatic rings. The molecule has 0 spiro atoms. The Morgan fingerprint density at radius 3 is 2.50 bits per heavy atom. The summed E-state index contributed by atoms with van der Waals surface area (Å²) in [5.41, 5.74) is 0.524. The van der Waals surface area contributed by atoms with Gasteiger partial charge in [-0.05, 0) is 29.3 Å². The highest BCUT2D eigenvalue weighted by molar-refractivity contribution is 5.98. The van der Waals surface area contributed by atoms with E-state index in [-0.39, 0.29) is 24.8 Å². The first kappa shape index (κ1) is 19.4. The van der Waals surface area contributed by atoms with Crippen molar-refractivity contribution in [3.8, 4) is 0 Å². The zero-order valence-corrected chi connectivity index (χ0v) is 14.8. The molecule has 26 heavy (non-hydrogen) atoms. The van der Waals surface area contributed by atoms with Crippen molar-refractivity contribution in [3.63, 3.8) is 0 Å². The summed E-state index contributed by atoms with van der Waals surface area (Å²) < 4.78 is 0. The molecule has 0 bridgehead atoms. The smallest absolute Gasteiger partial charge is 0.326 e. The maximum atomic E-state index is 12.2. The molecule has 6 heteroatoms. The Bertz CT molecular complexity index is 788. The highest BCUT2D eigenvalue weighted by atomic mass is 16.4. The lowest BCUT2D eigenvalue weighted by atomic mass is 10.1. The monoisotopic (exact) mass is 356 g/mol. The lowest BCUT2D eigenvalue weighted by Crippen LogP contribution is -2.41. The van der Waals surface area contributed by atoms with E-state index in [2.05, 4.69) is 10.6 Å². The van der Waals surface area contributed by atoms with Crippen LogP contribution < -0.4 is 10.6 Å². The second-order valence-electron chi connectivity index (χ2n) is 6.17. The zero-order chi connectivity index (χ0) is 18.9. The summed E-state index contributed by atoms with van der Waals surface area (Å²) >= 11 is 0. The maximum Gasteiger partial charge on any atom is 0.326 e. The van der Waals surface area contributed by atoms with E-state index in [1.807, 2.05) is 37.3 Å². The van der Waals surface area contributed by atoms with Crippen molar-refractivity contribution in [1.82, 2.24) is 10.6 Å². The SMILES string of the molecule is CCCC[C@H](NC(=O)CCNC(=O)c1ccc2ccccc2c1)C(=O)O. The predicted octanol–water partition coefficient (Wildman–Crippen LogP) is 2.72. The molecule has 0 aliphatic carbocycles. The van der Waals surface area contributed by atoms with Crippen LogP contribution in [0.4, 0.5) is 0 Å². The van der Waals surface area contributed by atoms with Crippen LogP contribution in [0.3, 0.4) is 0 Å². The standard InChI is InChI=1S/C20H24N2O4/c1-2-3-8-17(20(25)26)22-18(23)11-12-21-19(24)16-10-9-14-6-4-5-7-15(14)13-16/h4-7,9-10,13,17H,2-3,8,11-12H2,1H3,(H,21,24)(H,22,23)(H,25,26)/t17-/m0/s1. The van der Waals surface area contributed by atoms with Crippen molar-refractivity contribution in [2.45, 2.75) is 38.6 Å². The van der Waals surface area contributed by atoms with Gasteiger partial charge in [0, 0.05) is 18.5 Å². The number of carbonyl (C=O) groups excluding carboxylic acids is 2. The molecule has 1 atom stereocenters. The molecule has 0 unspecified atom stereocenters. The number of carboxylic acids is 1. The number of unbranched alkanes of at least 4 members (excludes halogenated alkanes) is 1. The fourth-order valence-corrected chi connectivity index (χ4v) is 2.65. The Kier molecular flexibility index (Phi) is 7.14. The van der Waals surface area contributed by atoms with E-state index >= 15 is 0 Å². The summed E-state index contributed by atoms with van der Waals surface area (Å²) in [6.07, 6.45) is 2.04. The van der Waals surface area contributed by atoms with Gasteiger partial charge in [0.05, 0.1) is 0 Å². The van der Waals surface area contributed by atoms with E-state index in [1.165, 1.54) is 0 Å². The van der Waals surface area contributed by atoms with Gasteiger partial charge in [-0.1, -0.05) is 50.1 Å². The van der Waals surface area contributed by atoms with Gasteiger partial charge in [0.25, 0.3) is 5.91 Å². The highest BCUT2D eigenvalue weighted by Crippen LogP contribution is 2.15. The molecule has 0 saturated heterocycles. The Labute approximate surface area is 152 Å². The molecule has 6 nitrogen and oxygen atoms in total. The van der Waals surface area contributed by atoms with E-state index in [9.17, 15) is 14.4 Å². The van der Waals surface area contributed by atoms with Crippen molar-refractivity contribution in [3.05, 3.63) is 48.0 Å². The zero-order valence-electron chi connectivity index (χ0n) is 14.8. The van der Waals surface area contributed by atoms with Crippen LogP contribution >= 0.6 is 0 Å². The fraction of sp³-hybridized carbons (Fsp3) is 0.350. The Hall–Kier alpha value is -2.89. The van der Waals surface area contributed by atoms with Crippen molar-refractivity contribution in [2.24, 2.45) is 0 Å². The van der Waals surface area contributed by atoms with E-state index in [1.54, 1.807) is 12.1 Å². The largest absolute Gasteiger partial charge is 0.480 e. The lowest BCUT2D eigenvalue weighted by Gasteiger charge is -2.14. The van der Waals surface area contributed by atoms with Gasteiger partial charge in [-0.2, -0.15) is 0 Å². The first-order chi connectivity index (χ1) is 12.5. The summed E-state index contributed by atoms with van der Waals surface area (Å²) in [6, 6.07) is 12.3. The number of carbonyl (C=O) groups is 3. The van der Waals surface area contributed by atoms with E-state index < -0.39 is 12.0 Å². The van der Waals surface area contributed by atoms with Crippen molar-refractivity contribution < 1.29 is 19.5 Å². The van der Waals surface area contributed by atoms with Crippen LogP contribution in [0.1, 0.15) is 43.0 Å². The third-order valence-corrected chi connectivity index (χ3v) is 4.13. The molecule has 0 fully saturated rings. The molecular weight excluding hydrogens is 332 g/mol. The number of fused-ring (bicyclic) bond motifs is 1. The molecule has 0 aliphatic heterocycles. The molecule has 2 aromatic carbocycles. The van der Waals surface area contributed by atoms with Crippen LogP contribution in [0.15, 0.2) is 42.5 Å². The summed E-state index contributed by atoms with van der Waals surface area (Å²) in [7, 11) is 0. The summed E-state index contributed by atoms with van der Waals surface area (Å²) in [4.78, 5) is 35.2. The normalized spacial score (nSPS) is 11.7. The topological polar surface area (TPSA) is 95.5 Å². The molecule has 0 aliphatic rings. The quantitative estimate of drug-likeness (QED) is 0.644. The summed E-state index contributed by atoms with van der Waals surface area (Å²) in [6.45, 7) is 2.11. The molecule has 0 heterocycles. The van der Waals surface area contributed by atoms with Crippen LogP contribution in [-0.4, -0.2) is 35.5 Å². The van der Waals surface area contributed by atoms with Gasteiger partial charge in [0.15, 0.2) is 0 Å². The van der Waals surface area contributed by atoms with Crippen LogP contribution in [0.5, 0.6) is 0 Å². The number of nitrogens with one attached hydrogen (secondary N) is 2. The lowest BCUT2D eigenvalue weighted by molar-refractivity contribution is -0.142. The average Bonchev–Trinajstić information content (AvgIpc) is 2.64. The minimum absolute atomic E-state index is 0.0369. The van der Waals surface area contributed by atoms with Gasteiger partial charge < -0.3 is 15.7 Å². The van der Waals surface area contributed by atoms with Crippen LogP contribution in [0.2, 0.25) is 0 Å². The maximum absolute atomic E-state index is 12.2. The number of aliphatic carboxylic acids is 1. The number of amides is 2. The van der Waals surface area contributed by atoms with Gasteiger partial charge in [-0.25, -0.2) is 4.79 Å². The van der Waals surface area contributed by atoms with Gasteiger partial charge in [0.2, 0.25) is 5.91 Å². The Balaban J connectivity index is 1.82. The Morgan fingerprint density at radius 1 is 1.08 bits per heavy atom. The van der Waals surface area contributed by atoms with Gasteiger partial charge in [-0.3, -0.25) is 9.59 Å². The predicted molar refractivity (Wildman–Crippen MR) is 100.0 cm³/mol. The number of hydrogen-bond acceptors (Lipinski definition) is 3. The molecule has 2 amide bonds. The van der Waals surface area contributed by atoms with Gasteiger partial charge >= 0.3 is 5.97 Å². The molecule has 0 radical (unpaired) electrons. The van der Waals surface area contributed by atoms with Crippen molar-refractivity contribution in [1.29, 1.82) is 0 Å². The summed E-state index contributed by atoms with van der Waals surface area (Å²) in [5, 5.41) is 16.3. The van der Waals surface area contributed by atoms with Crippen LogP contribution in [0, 0.1) is 0 Å². The fourth-order valence-electron chi connectivity index (χ4n) is 2.65. The molecular formula is C20H24N2O4. The van der Waals surface area contributed by atoms with Gasteiger partial charge in [0.1, 0.15) is 6.04 Å².